The van der Waals surface area contributed by atoms with E-state index in [1.54, 1.807) is 36.4 Å². The van der Waals surface area contributed by atoms with Crippen LogP contribution in [-0.2, 0) is 19.6 Å². The predicted octanol–water partition coefficient (Wildman–Crippen LogP) is 2.08. The van der Waals surface area contributed by atoms with Crippen LogP contribution in [0.4, 0.5) is 11.4 Å². The van der Waals surface area contributed by atoms with Crippen molar-refractivity contribution >= 4 is 33.2 Å². The maximum absolute atomic E-state index is 12.7. The Balaban J connectivity index is 2.22. The number of anilines is 2. The Morgan fingerprint density at radius 3 is 2.30 bits per heavy atom. The van der Waals surface area contributed by atoms with E-state index in [-0.39, 0.29) is 11.5 Å². The Bertz CT molecular complexity index is 1000. The van der Waals surface area contributed by atoms with Crippen molar-refractivity contribution in [2.24, 2.45) is 0 Å². The van der Waals surface area contributed by atoms with Crippen molar-refractivity contribution in [1.29, 1.82) is 0 Å². The summed E-state index contributed by atoms with van der Waals surface area (Å²) in [5, 5.41) is 5.34. The molecule has 0 aliphatic carbocycles. The number of sulfonamides is 1. The van der Waals surface area contributed by atoms with E-state index in [0.29, 0.717) is 24.5 Å². The molecule has 0 unspecified atom stereocenters. The Kier molecular flexibility index (Phi) is 7.96. The van der Waals surface area contributed by atoms with Crippen molar-refractivity contribution in [3.8, 4) is 0 Å². The van der Waals surface area contributed by atoms with E-state index in [1.807, 2.05) is 19.9 Å². The standard InChI is InChI=1S/C21H27N3O5S/c1-15-11-16(2)13-17(12-15)24(30(4,27)28)14-20(25)23-19-8-6-5-7-18(19)21(26)22-9-10-29-3/h5-8,11-13H,9-10,14H2,1-4H3,(H,22,26)(H,23,25). The number of nitrogens with zero attached hydrogens (tertiary/aromatic N) is 1. The average Bonchev–Trinajstić information content (AvgIpc) is 2.65. The molecule has 8 nitrogen and oxygen atoms in total. The monoisotopic (exact) mass is 433 g/mol. The Labute approximate surface area is 177 Å². The van der Waals surface area contributed by atoms with Gasteiger partial charge in [0.25, 0.3) is 5.91 Å². The molecule has 0 atom stereocenters. The van der Waals surface area contributed by atoms with Crippen molar-refractivity contribution in [2.75, 3.05) is 42.7 Å². The highest BCUT2D eigenvalue weighted by Crippen LogP contribution is 2.22. The number of amides is 2. The van der Waals surface area contributed by atoms with E-state index in [1.165, 1.54) is 7.11 Å². The molecule has 2 aromatic carbocycles. The summed E-state index contributed by atoms with van der Waals surface area (Å²) in [4.78, 5) is 25.1. The Morgan fingerprint density at radius 2 is 1.70 bits per heavy atom. The molecule has 2 aromatic rings. The van der Waals surface area contributed by atoms with E-state index in [4.69, 9.17) is 4.74 Å². The summed E-state index contributed by atoms with van der Waals surface area (Å²) in [5.41, 5.74) is 2.76. The quantitative estimate of drug-likeness (QED) is 0.589. The van der Waals surface area contributed by atoms with Crippen LogP contribution in [0.15, 0.2) is 42.5 Å². The highest BCUT2D eigenvalue weighted by molar-refractivity contribution is 7.92. The van der Waals surface area contributed by atoms with Gasteiger partial charge in [0, 0.05) is 13.7 Å². The number of benzene rings is 2. The third-order valence-electron chi connectivity index (χ3n) is 4.22. The van der Waals surface area contributed by atoms with Crippen molar-refractivity contribution in [2.45, 2.75) is 13.8 Å². The molecule has 2 amide bonds. The van der Waals surface area contributed by atoms with Crippen molar-refractivity contribution in [3.63, 3.8) is 0 Å². The summed E-state index contributed by atoms with van der Waals surface area (Å²) >= 11 is 0. The number of carbonyl (C=O) groups excluding carboxylic acids is 2. The third-order valence-corrected chi connectivity index (χ3v) is 5.36. The molecular formula is C21H27N3O5S. The zero-order chi connectivity index (χ0) is 22.3. The molecule has 0 spiro atoms. The molecule has 2 N–H and O–H groups in total. The van der Waals surface area contributed by atoms with Gasteiger partial charge in [-0.1, -0.05) is 18.2 Å². The van der Waals surface area contributed by atoms with Crippen LogP contribution >= 0.6 is 0 Å². The van der Waals surface area contributed by atoms with E-state index in [2.05, 4.69) is 10.6 Å². The number of nitrogens with one attached hydrogen (secondary N) is 2. The van der Waals surface area contributed by atoms with E-state index in [9.17, 15) is 18.0 Å². The maximum Gasteiger partial charge on any atom is 0.253 e. The lowest BCUT2D eigenvalue weighted by Gasteiger charge is -2.23. The molecule has 0 saturated heterocycles. The number of methoxy groups -OCH3 is 1. The Hall–Kier alpha value is -2.91. The summed E-state index contributed by atoms with van der Waals surface area (Å²) in [5.74, 6) is -0.922. The fourth-order valence-electron chi connectivity index (χ4n) is 2.97. The predicted molar refractivity (Wildman–Crippen MR) is 117 cm³/mol. The second-order valence-corrected chi connectivity index (χ2v) is 8.86. The van der Waals surface area contributed by atoms with Crippen LogP contribution < -0.4 is 14.9 Å². The van der Waals surface area contributed by atoms with E-state index >= 15 is 0 Å². The first-order chi connectivity index (χ1) is 14.1. The number of hydrogen-bond donors (Lipinski definition) is 2. The minimum absolute atomic E-state index is 0.277. The molecule has 0 saturated carbocycles. The largest absolute Gasteiger partial charge is 0.383 e. The zero-order valence-corrected chi connectivity index (χ0v) is 18.4. The van der Waals surface area contributed by atoms with E-state index < -0.39 is 22.5 Å². The fraction of sp³-hybridized carbons (Fsp3) is 0.333. The molecule has 30 heavy (non-hydrogen) atoms. The van der Waals surface area contributed by atoms with Gasteiger partial charge >= 0.3 is 0 Å². The molecule has 0 heterocycles. The van der Waals surface area contributed by atoms with Crippen LogP contribution in [0.1, 0.15) is 21.5 Å². The van der Waals surface area contributed by atoms with Crippen LogP contribution in [0.3, 0.4) is 0 Å². The SMILES string of the molecule is COCCNC(=O)c1ccccc1NC(=O)CN(c1cc(C)cc(C)c1)S(C)(=O)=O. The Morgan fingerprint density at radius 1 is 1.07 bits per heavy atom. The van der Waals surface area contributed by atoms with Gasteiger partial charge in [-0.2, -0.15) is 0 Å². The van der Waals surface area contributed by atoms with Gasteiger partial charge < -0.3 is 15.4 Å². The first-order valence-corrected chi connectivity index (χ1v) is 11.2. The number of para-hydroxylation sites is 1. The smallest absolute Gasteiger partial charge is 0.253 e. The molecule has 0 aliphatic rings. The molecule has 0 bridgehead atoms. The van der Waals surface area contributed by atoms with Gasteiger partial charge in [-0.3, -0.25) is 13.9 Å². The number of hydrogen-bond acceptors (Lipinski definition) is 5. The van der Waals surface area contributed by atoms with Gasteiger partial charge in [-0.25, -0.2) is 8.42 Å². The molecule has 0 fully saturated rings. The normalized spacial score (nSPS) is 11.1. The summed E-state index contributed by atoms with van der Waals surface area (Å²) in [6.45, 7) is 3.98. The van der Waals surface area contributed by atoms with Crippen molar-refractivity contribution in [1.82, 2.24) is 5.32 Å². The summed E-state index contributed by atoms with van der Waals surface area (Å²) in [6.07, 6.45) is 1.05. The van der Waals surface area contributed by atoms with E-state index in [0.717, 1.165) is 21.7 Å². The number of ether oxygens (including phenoxy) is 1. The third kappa shape index (κ3) is 6.57. The van der Waals surface area contributed by atoms with Crippen LogP contribution in [0.2, 0.25) is 0 Å². The molecule has 162 valence electrons. The van der Waals surface area contributed by atoms with Gasteiger partial charge in [-0.15, -0.1) is 0 Å². The number of aryl methyl sites for hydroxylation is 2. The minimum atomic E-state index is -3.70. The minimum Gasteiger partial charge on any atom is -0.383 e. The van der Waals surface area contributed by atoms with Crippen LogP contribution in [0.25, 0.3) is 0 Å². The van der Waals surface area contributed by atoms with Gasteiger partial charge in [0.1, 0.15) is 6.54 Å². The first-order valence-electron chi connectivity index (χ1n) is 9.34. The molecule has 0 aromatic heterocycles. The summed E-state index contributed by atoms with van der Waals surface area (Å²) < 4.78 is 30.6. The summed E-state index contributed by atoms with van der Waals surface area (Å²) in [6, 6.07) is 11.9. The van der Waals surface area contributed by atoms with Crippen molar-refractivity contribution in [3.05, 3.63) is 59.2 Å². The lowest BCUT2D eigenvalue weighted by molar-refractivity contribution is -0.114. The highest BCUT2D eigenvalue weighted by Gasteiger charge is 2.22. The average molecular weight is 434 g/mol. The topological polar surface area (TPSA) is 105 Å². The molecule has 2 rings (SSSR count). The van der Waals surface area contributed by atoms with Gasteiger partial charge in [-0.05, 0) is 49.2 Å². The molecule has 9 heteroatoms. The van der Waals surface area contributed by atoms with Crippen LogP contribution in [-0.4, -0.2) is 53.3 Å². The van der Waals surface area contributed by atoms with Gasteiger partial charge in [0.15, 0.2) is 0 Å². The fourth-order valence-corrected chi connectivity index (χ4v) is 3.81. The van der Waals surface area contributed by atoms with Gasteiger partial charge in [0.2, 0.25) is 15.9 Å². The lowest BCUT2D eigenvalue weighted by atomic mass is 10.1. The molecular weight excluding hydrogens is 406 g/mol. The van der Waals surface area contributed by atoms with Crippen LogP contribution in [0, 0.1) is 13.8 Å². The second kappa shape index (κ2) is 10.2. The van der Waals surface area contributed by atoms with Crippen molar-refractivity contribution < 1.29 is 22.7 Å². The van der Waals surface area contributed by atoms with Crippen LogP contribution in [0.5, 0.6) is 0 Å². The maximum atomic E-state index is 12.7. The second-order valence-electron chi connectivity index (χ2n) is 6.96. The van der Waals surface area contributed by atoms with Gasteiger partial charge in [0.05, 0.1) is 29.8 Å². The highest BCUT2D eigenvalue weighted by atomic mass is 32.2. The number of rotatable bonds is 9. The molecule has 0 aliphatic heterocycles. The number of carbonyl (C=O) groups is 2. The summed E-state index contributed by atoms with van der Waals surface area (Å²) in [7, 11) is -2.17. The molecule has 0 radical (unpaired) electrons. The first kappa shape index (κ1) is 23.4. The lowest BCUT2D eigenvalue weighted by Crippen LogP contribution is -2.38. The zero-order valence-electron chi connectivity index (χ0n) is 17.6.